The van der Waals surface area contributed by atoms with Crippen LogP contribution in [0, 0.1) is 5.92 Å². The first-order valence-electron chi connectivity index (χ1n) is 7.66. The van der Waals surface area contributed by atoms with E-state index >= 15 is 0 Å². The molecule has 0 saturated carbocycles. The van der Waals surface area contributed by atoms with Gasteiger partial charge in [-0.3, -0.25) is 4.90 Å². The van der Waals surface area contributed by atoms with Gasteiger partial charge >= 0.3 is 0 Å². The van der Waals surface area contributed by atoms with Crippen molar-refractivity contribution in [1.29, 1.82) is 0 Å². The number of hydrogen-bond donors (Lipinski definition) is 1. The first-order chi connectivity index (χ1) is 9.75. The van der Waals surface area contributed by atoms with E-state index in [9.17, 15) is 0 Å². The predicted molar refractivity (Wildman–Crippen MR) is 88.5 cm³/mol. The molecule has 1 saturated heterocycles. The second-order valence-corrected chi connectivity index (χ2v) is 7.03. The molecule has 1 atom stereocenters. The quantitative estimate of drug-likeness (QED) is 0.918. The number of piperazine rings is 1. The van der Waals surface area contributed by atoms with Crippen molar-refractivity contribution in [1.82, 2.24) is 10.2 Å². The fourth-order valence-corrected chi connectivity index (χ4v) is 4.18. The Hall–Kier alpha value is -0.900. The minimum absolute atomic E-state index is 0.577. The van der Waals surface area contributed by atoms with Gasteiger partial charge in [0.2, 0.25) is 0 Å². The summed E-state index contributed by atoms with van der Waals surface area (Å²) in [6, 6.07) is 9.42. The Kier molecular flexibility index (Phi) is 4.39. The van der Waals surface area contributed by atoms with Gasteiger partial charge < -0.3 is 5.32 Å². The first kappa shape index (κ1) is 14.1. The van der Waals surface area contributed by atoms with E-state index in [4.69, 9.17) is 0 Å². The fraction of sp³-hybridized carbons (Fsp3) is 0.529. The summed E-state index contributed by atoms with van der Waals surface area (Å²) in [6.07, 6.45) is 1.25. The van der Waals surface area contributed by atoms with Crippen molar-refractivity contribution in [2.75, 3.05) is 26.2 Å². The molecule has 0 aliphatic carbocycles. The molecular formula is C17H24N2S. The molecule has 0 unspecified atom stereocenters. The Morgan fingerprint density at radius 1 is 1.20 bits per heavy atom. The first-order valence-corrected chi connectivity index (χ1v) is 8.54. The van der Waals surface area contributed by atoms with Crippen molar-refractivity contribution in [3.8, 4) is 0 Å². The van der Waals surface area contributed by atoms with Gasteiger partial charge in [-0.25, -0.2) is 0 Å². The van der Waals surface area contributed by atoms with Crippen LogP contribution in [0.2, 0.25) is 0 Å². The molecule has 1 fully saturated rings. The normalized spacial score (nSPS) is 18.8. The van der Waals surface area contributed by atoms with E-state index in [1.54, 1.807) is 5.56 Å². The van der Waals surface area contributed by atoms with Crippen LogP contribution >= 0.6 is 11.3 Å². The summed E-state index contributed by atoms with van der Waals surface area (Å²) in [5.74, 6) is 0.730. The van der Waals surface area contributed by atoms with Gasteiger partial charge in [0.1, 0.15) is 0 Å². The number of nitrogens with zero attached hydrogens (tertiary/aromatic N) is 1. The number of fused-ring (bicyclic) bond motifs is 1. The van der Waals surface area contributed by atoms with Gasteiger partial charge in [-0.15, -0.1) is 11.3 Å². The molecule has 108 valence electrons. The van der Waals surface area contributed by atoms with Crippen LogP contribution in [0.5, 0.6) is 0 Å². The molecule has 1 aliphatic heterocycles. The molecule has 2 aromatic rings. The molecule has 20 heavy (non-hydrogen) atoms. The van der Waals surface area contributed by atoms with Crippen molar-refractivity contribution < 1.29 is 0 Å². The van der Waals surface area contributed by atoms with Crippen LogP contribution in [0.3, 0.4) is 0 Å². The Balaban J connectivity index is 1.95. The third kappa shape index (κ3) is 2.90. The number of nitrogens with one attached hydrogen (secondary N) is 1. The topological polar surface area (TPSA) is 15.3 Å². The van der Waals surface area contributed by atoms with Crippen molar-refractivity contribution in [3.05, 3.63) is 35.2 Å². The highest BCUT2D eigenvalue weighted by Crippen LogP contribution is 2.36. The standard InChI is InChI=1S/C17H24N2S/c1-13(2)11-16(19-9-7-18-8-10-19)15-12-20-17-6-4-3-5-14(15)17/h3-6,12-13,16,18H,7-11H2,1-2H3/t16-/m0/s1. The number of thiophene rings is 1. The van der Waals surface area contributed by atoms with E-state index in [2.05, 4.69) is 53.7 Å². The average molecular weight is 288 g/mol. The van der Waals surface area contributed by atoms with Gasteiger partial charge in [0.15, 0.2) is 0 Å². The summed E-state index contributed by atoms with van der Waals surface area (Å²) in [7, 11) is 0. The molecule has 1 aliphatic rings. The smallest absolute Gasteiger partial charge is 0.0366 e. The van der Waals surface area contributed by atoms with E-state index < -0.39 is 0 Å². The lowest BCUT2D eigenvalue weighted by atomic mass is 9.94. The van der Waals surface area contributed by atoms with Crippen molar-refractivity contribution >= 4 is 21.4 Å². The Morgan fingerprint density at radius 3 is 2.70 bits per heavy atom. The van der Waals surface area contributed by atoms with E-state index in [1.807, 2.05) is 11.3 Å². The number of benzene rings is 1. The number of rotatable bonds is 4. The molecular weight excluding hydrogens is 264 g/mol. The lowest BCUT2D eigenvalue weighted by Crippen LogP contribution is -2.45. The Morgan fingerprint density at radius 2 is 1.95 bits per heavy atom. The van der Waals surface area contributed by atoms with Crippen molar-refractivity contribution in [3.63, 3.8) is 0 Å². The number of hydrogen-bond acceptors (Lipinski definition) is 3. The van der Waals surface area contributed by atoms with Crippen molar-refractivity contribution in [2.24, 2.45) is 5.92 Å². The van der Waals surface area contributed by atoms with Crippen LogP contribution in [0.4, 0.5) is 0 Å². The summed E-state index contributed by atoms with van der Waals surface area (Å²) in [4.78, 5) is 2.67. The molecule has 0 bridgehead atoms. The molecule has 2 heterocycles. The molecule has 3 heteroatoms. The van der Waals surface area contributed by atoms with E-state index in [-0.39, 0.29) is 0 Å². The second kappa shape index (κ2) is 6.25. The molecule has 1 aromatic carbocycles. The highest BCUT2D eigenvalue weighted by molar-refractivity contribution is 7.17. The van der Waals surface area contributed by atoms with Crippen LogP contribution in [-0.2, 0) is 0 Å². The summed E-state index contributed by atoms with van der Waals surface area (Å²) >= 11 is 1.89. The monoisotopic (exact) mass is 288 g/mol. The minimum atomic E-state index is 0.577. The highest BCUT2D eigenvalue weighted by atomic mass is 32.1. The molecule has 0 radical (unpaired) electrons. The zero-order valence-corrected chi connectivity index (χ0v) is 13.2. The van der Waals surface area contributed by atoms with E-state index in [0.29, 0.717) is 6.04 Å². The van der Waals surface area contributed by atoms with Crippen LogP contribution in [0.1, 0.15) is 31.9 Å². The molecule has 2 nitrogen and oxygen atoms in total. The van der Waals surface area contributed by atoms with E-state index in [0.717, 1.165) is 19.0 Å². The third-order valence-corrected chi connectivity index (χ3v) is 5.14. The van der Waals surface area contributed by atoms with Crippen LogP contribution in [0.15, 0.2) is 29.6 Å². The Labute approximate surface area is 125 Å². The van der Waals surface area contributed by atoms with Crippen LogP contribution in [0.25, 0.3) is 10.1 Å². The highest BCUT2D eigenvalue weighted by Gasteiger charge is 2.25. The molecule has 3 rings (SSSR count). The predicted octanol–water partition coefficient (Wildman–Crippen LogP) is 3.89. The molecule has 1 aromatic heterocycles. The lowest BCUT2D eigenvalue weighted by molar-refractivity contribution is 0.155. The zero-order chi connectivity index (χ0) is 13.9. The maximum Gasteiger partial charge on any atom is 0.0366 e. The lowest BCUT2D eigenvalue weighted by Gasteiger charge is -2.36. The maximum absolute atomic E-state index is 3.47. The molecule has 0 spiro atoms. The summed E-state index contributed by atoms with van der Waals surface area (Å²) < 4.78 is 1.42. The largest absolute Gasteiger partial charge is 0.314 e. The fourth-order valence-electron chi connectivity index (χ4n) is 3.17. The third-order valence-electron chi connectivity index (χ3n) is 4.16. The van der Waals surface area contributed by atoms with E-state index in [1.165, 1.54) is 29.6 Å². The van der Waals surface area contributed by atoms with Gasteiger partial charge in [0, 0.05) is 36.9 Å². The summed E-state index contributed by atoms with van der Waals surface area (Å²) in [6.45, 7) is 9.25. The minimum Gasteiger partial charge on any atom is -0.314 e. The van der Waals surface area contributed by atoms with Crippen LogP contribution < -0.4 is 5.32 Å². The van der Waals surface area contributed by atoms with Gasteiger partial charge in [-0.05, 0) is 34.7 Å². The van der Waals surface area contributed by atoms with Gasteiger partial charge in [0.05, 0.1) is 0 Å². The van der Waals surface area contributed by atoms with Crippen molar-refractivity contribution in [2.45, 2.75) is 26.3 Å². The summed E-state index contributed by atoms with van der Waals surface area (Å²) in [5.41, 5.74) is 1.54. The average Bonchev–Trinajstić information content (AvgIpc) is 2.89. The SMILES string of the molecule is CC(C)C[C@@H](c1csc2ccccc12)N1CCNCC1. The maximum atomic E-state index is 3.47. The van der Waals surface area contributed by atoms with Crippen LogP contribution in [-0.4, -0.2) is 31.1 Å². The Bertz CT molecular complexity index is 555. The molecule has 1 N–H and O–H groups in total. The van der Waals surface area contributed by atoms with Gasteiger partial charge in [-0.1, -0.05) is 32.0 Å². The zero-order valence-electron chi connectivity index (χ0n) is 12.4. The molecule has 0 amide bonds. The van der Waals surface area contributed by atoms with Gasteiger partial charge in [-0.2, -0.15) is 0 Å². The van der Waals surface area contributed by atoms with Gasteiger partial charge in [0.25, 0.3) is 0 Å². The second-order valence-electron chi connectivity index (χ2n) is 6.12. The summed E-state index contributed by atoms with van der Waals surface area (Å²) in [5, 5.41) is 7.31.